The van der Waals surface area contributed by atoms with Gasteiger partial charge in [-0.3, -0.25) is 0 Å². The van der Waals surface area contributed by atoms with Gasteiger partial charge in [-0.1, -0.05) is 19.4 Å². The van der Waals surface area contributed by atoms with Crippen molar-refractivity contribution in [3.63, 3.8) is 0 Å². The molecular formula is C14H18N2. The Bertz CT molecular complexity index is 525. The molecule has 0 fully saturated rings. The van der Waals surface area contributed by atoms with Gasteiger partial charge in [0.1, 0.15) is 5.65 Å². The number of fused-ring (bicyclic) bond motifs is 3. The predicted molar refractivity (Wildman–Crippen MR) is 65.7 cm³/mol. The highest BCUT2D eigenvalue weighted by Crippen LogP contribution is 2.28. The summed E-state index contributed by atoms with van der Waals surface area (Å²) in [4.78, 5) is 4.75. The molecule has 1 aliphatic rings. The largest absolute Gasteiger partial charge is 0.301 e. The van der Waals surface area contributed by atoms with Crippen molar-refractivity contribution < 1.29 is 0 Å². The van der Waals surface area contributed by atoms with Gasteiger partial charge in [0.2, 0.25) is 0 Å². The molecule has 1 unspecified atom stereocenters. The molecule has 2 heteroatoms. The second-order valence-corrected chi connectivity index (χ2v) is 4.88. The number of aromatic nitrogens is 2. The van der Waals surface area contributed by atoms with Crippen molar-refractivity contribution in [3.8, 4) is 0 Å². The van der Waals surface area contributed by atoms with E-state index >= 15 is 0 Å². The molecule has 2 heterocycles. The van der Waals surface area contributed by atoms with E-state index in [0.29, 0.717) is 0 Å². The number of rotatable bonds is 1. The van der Waals surface area contributed by atoms with Gasteiger partial charge in [0.25, 0.3) is 0 Å². The Morgan fingerprint density at radius 3 is 3.12 bits per heavy atom. The number of hydrogen-bond acceptors (Lipinski definition) is 1. The topological polar surface area (TPSA) is 17.3 Å². The second kappa shape index (κ2) is 3.62. The number of imidazole rings is 1. The average molecular weight is 214 g/mol. The molecule has 0 aliphatic heterocycles. The lowest BCUT2D eigenvalue weighted by Gasteiger charge is -2.20. The van der Waals surface area contributed by atoms with Crippen LogP contribution >= 0.6 is 0 Å². The Balaban J connectivity index is 2.19. The van der Waals surface area contributed by atoms with Crippen LogP contribution in [0, 0.1) is 12.8 Å². The summed E-state index contributed by atoms with van der Waals surface area (Å²) in [6.07, 6.45) is 4.97. The molecule has 84 valence electrons. The molecule has 1 aliphatic carbocycles. The van der Waals surface area contributed by atoms with Crippen LogP contribution in [0.3, 0.4) is 0 Å². The minimum absolute atomic E-state index is 0.854. The predicted octanol–water partition coefficient (Wildman–Crippen LogP) is 3.16. The fourth-order valence-electron chi connectivity index (χ4n) is 2.85. The monoisotopic (exact) mass is 214 g/mol. The summed E-state index contributed by atoms with van der Waals surface area (Å²) in [6.45, 7) is 4.47. The smallest absolute Gasteiger partial charge is 0.137 e. The summed E-state index contributed by atoms with van der Waals surface area (Å²) in [5.41, 5.74) is 5.23. The molecule has 2 aromatic rings. The summed E-state index contributed by atoms with van der Waals surface area (Å²) < 4.78 is 2.34. The molecular weight excluding hydrogens is 196 g/mol. The first-order valence-electron chi connectivity index (χ1n) is 6.25. The Morgan fingerprint density at radius 2 is 2.31 bits per heavy atom. The first kappa shape index (κ1) is 9.88. The van der Waals surface area contributed by atoms with Gasteiger partial charge in [0, 0.05) is 11.4 Å². The number of nitrogens with zero attached hydrogens (tertiary/aromatic N) is 2. The Labute approximate surface area is 96.3 Å². The highest BCUT2D eigenvalue weighted by Gasteiger charge is 2.22. The summed E-state index contributed by atoms with van der Waals surface area (Å²) >= 11 is 0. The summed E-state index contributed by atoms with van der Waals surface area (Å²) in [5.74, 6) is 0.854. The second-order valence-electron chi connectivity index (χ2n) is 4.88. The molecule has 0 aromatic carbocycles. The van der Waals surface area contributed by atoms with Crippen molar-refractivity contribution in [3.05, 3.63) is 35.3 Å². The van der Waals surface area contributed by atoms with Gasteiger partial charge in [0.15, 0.2) is 0 Å². The standard InChI is InChI=1S/C14H18N2/c1-3-11-7-8-12-13(9-11)16-10(2)5-4-6-14(16)15-12/h4-6,11H,3,7-9H2,1-2H3. The van der Waals surface area contributed by atoms with E-state index in [4.69, 9.17) is 4.98 Å². The van der Waals surface area contributed by atoms with Crippen molar-refractivity contribution in [1.82, 2.24) is 9.38 Å². The molecule has 2 nitrogen and oxygen atoms in total. The zero-order chi connectivity index (χ0) is 11.1. The van der Waals surface area contributed by atoms with Crippen molar-refractivity contribution in [1.29, 1.82) is 0 Å². The van der Waals surface area contributed by atoms with Crippen LogP contribution in [0.1, 0.15) is 36.8 Å². The quantitative estimate of drug-likeness (QED) is 0.712. The van der Waals surface area contributed by atoms with Crippen molar-refractivity contribution in [2.24, 2.45) is 5.92 Å². The lowest BCUT2D eigenvalue weighted by molar-refractivity contribution is 0.435. The lowest BCUT2D eigenvalue weighted by Crippen LogP contribution is -2.14. The molecule has 0 saturated carbocycles. The van der Waals surface area contributed by atoms with E-state index in [-0.39, 0.29) is 0 Å². The van der Waals surface area contributed by atoms with Crippen LogP contribution in [0.2, 0.25) is 0 Å². The van der Waals surface area contributed by atoms with Gasteiger partial charge >= 0.3 is 0 Å². The Kier molecular flexibility index (Phi) is 2.23. The highest BCUT2D eigenvalue weighted by atomic mass is 15.0. The van der Waals surface area contributed by atoms with Crippen LogP contribution in [0.4, 0.5) is 0 Å². The van der Waals surface area contributed by atoms with Gasteiger partial charge in [0.05, 0.1) is 5.69 Å². The maximum absolute atomic E-state index is 4.75. The van der Waals surface area contributed by atoms with Gasteiger partial charge < -0.3 is 4.40 Å². The molecule has 1 atom stereocenters. The van der Waals surface area contributed by atoms with E-state index < -0.39 is 0 Å². The SMILES string of the molecule is CCC1CCc2nc3cccc(C)n3c2C1. The maximum Gasteiger partial charge on any atom is 0.137 e. The third-order valence-electron chi connectivity index (χ3n) is 3.87. The van der Waals surface area contributed by atoms with Gasteiger partial charge in [-0.05, 0) is 44.2 Å². The van der Waals surface area contributed by atoms with Crippen LogP contribution in [0.15, 0.2) is 18.2 Å². The van der Waals surface area contributed by atoms with E-state index in [1.54, 1.807) is 0 Å². The third kappa shape index (κ3) is 1.36. The summed E-state index contributed by atoms with van der Waals surface area (Å²) in [5, 5.41) is 0. The number of aryl methyl sites for hydroxylation is 2. The minimum Gasteiger partial charge on any atom is -0.301 e. The number of pyridine rings is 1. The average Bonchev–Trinajstić information content (AvgIpc) is 2.67. The highest BCUT2D eigenvalue weighted by molar-refractivity contribution is 5.45. The van der Waals surface area contributed by atoms with E-state index in [1.807, 2.05) is 0 Å². The van der Waals surface area contributed by atoms with Crippen LogP contribution in [-0.4, -0.2) is 9.38 Å². The van der Waals surface area contributed by atoms with E-state index in [1.165, 1.54) is 36.3 Å². The minimum atomic E-state index is 0.854. The van der Waals surface area contributed by atoms with Crippen LogP contribution in [0.5, 0.6) is 0 Å². The first-order valence-corrected chi connectivity index (χ1v) is 6.25. The molecule has 0 amide bonds. The summed E-state index contributed by atoms with van der Waals surface area (Å²) in [6, 6.07) is 6.39. The van der Waals surface area contributed by atoms with Crippen LogP contribution < -0.4 is 0 Å². The van der Waals surface area contributed by atoms with Crippen molar-refractivity contribution in [2.75, 3.05) is 0 Å². The Morgan fingerprint density at radius 1 is 1.44 bits per heavy atom. The van der Waals surface area contributed by atoms with Crippen LogP contribution in [-0.2, 0) is 12.8 Å². The fraction of sp³-hybridized carbons (Fsp3) is 0.500. The zero-order valence-electron chi connectivity index (χ0n) is 10.0. The van der Waals surface area contributed by atoms with Crippen molar-refractivity contribution in [2.45, 2.75) is 39.5 Å². The maximum atomic E-state index is 4.75. The molecule has 0 spiro atoms. The molecule has 0 saturated heterocycles. The number of hydrogen-bond donors (Lipinski definition) is 0. The molecule has 16 heavy (non-hydrogen) atoms. The zero-order valence-corrected chi connectivity index (χ0v) is 10.0. The van der Waals surface area contributed by atoms with Crippen LogP contribution in [0.25, 0.3) is 5.65 Å². The summed E-state index contributed by atoms with van der Waals surface area (Å²) in [7, 11) is 0. The lowest BCUT2D eigenvalue weighted by atomic mass is 9.88. The fourth-order valence-corrected chi connectivity index (χ4v) is 2.85. The van der Waals surface area contributed by atoms with Gasteiger partial charge in [-0.15, -0.1) is 0 Å². The van der Waals surface area contributed by atoms with Gasteiger partial charge in [-0.2, -0.15) is 0 Å². The third-order valence-corrected chi connectivity index (χ3v) is 3.87. The molecule has 2 aromatic heterocycles. The Hall–Kier alpha value is -1.31. The molecule has 3 rings (SSSR count). The van der Waals surface area contributed by atoms with Gasteiger partial charge in [-0.25, -0.2) is 4.98 Å². The molecule has 0 radical (unpaired) electrons. The van der Waals surface area contributed by atoms with E-state index in [2.05, 4.69) is 36.4 Å². The van der Waals surface area contributed by atoms with Crippen molar-refractivity contribution >= 4 is 5.65 Å². The van der Waals surface area contributed by atoms with E-state index in [0.717, 1.165) is 18.0 Å². The molecule has 0 N–H and O–H groups in total. The van der Waals surface area contributed by atoms with E-state index in [9.17, 15) is 0 Å². The first-order chi connectivity index (χ1) is 7.79. The molecule has 0 bridgehead atoms. The normalized spacial score (nSPS) is 20.0.